The molecule has 0 aromatic heterocycles. The van der Waals surface area contributed by atoms with Gasteiger partial charge in [0.25, 0.3) is 5.76 Å². The SMILES string of the molecule is COc1ccc(NC(=O)CN(C)CC(=O)Nc2ccc(SC(F)F)cc2)cc1. The van der Waals surface area contributed by atoms with E-state index in [1.165, 1.54) is 12.1 Å². The summed E-state index contributed by atoms with van der Waals surface area (Å²) in [4.78, 5) is 26.1. The monoisotopic (exact) mass is 409 g/mol. The first kappa shape index (κ1) is 21.6. The smallest absolute Gasteiger partial charge is 0.288 e. The highest BCUT2D eigenvalue weighted by molar-refractivity contribution is 7.99. The van der Waals surface area contributed by atoms with Crippen molar-refractivity contribution in [3.63, 3.8) is 0 Å². The van der Waals surface area contributed by atoms with Crippen molar-refractivity contribution in [2.75, 3.05) is 37.9 Å². The fraction of sp³-hybridized carbons (Fsp3) is 0.263. The highest BCUT2D eigenvalue weighted by Crippen LogP contribution is 2.26. The number of nitrogens with zero attached hydrogens (tertiary/aromatic N) is 1. The van der Waals surface area contributed by atoms with Crippen molar-refractivity contribution < 1.29 is 23.1 Å². The van der Waals surface area contributed by atoms with Gasteiger partial charge < -0.3 is 15.4 Å². The minimum absolute atomic E-state index is 0.00354. The van der Waals surface area contributed by atoms with E-state index in [4.69, 9.17) is 4.74 Å². The van der Waals surface area contributed by atoms with Gasteiger partial charge in [0.05, 0.1) is 20.2 Å². The van der Waals surface area contributed by atoms with Gasteiger partial charge in [-0.15, -0.1) is 0 Å². The van der Waals surface area contributed by atoms with Crippen LogP contribution in [0.25, 0.3) is 0 Å². The van der Waals surface area contributed by atoms with Crippen LogP contribution >= 0.6 is 11.8 Å². The topological polar surface area (TPSA) is 70.7 Å². The summed E-state index contributed by atoms with van der Waals surface area (Å²) in [6.07, 6.45) is 0. The molecular weight excluding hydrogens is 388 g/mol. The Kier molecular flexibility index (Phi) is 8.21. The number of methoxy groups -OCH3 is 1. The second-order valence-corrected chi connectivity index (χ2v) is 6.96. The third-order valence-corrected chi connectivity index (χ3v) is 4.29. The van der Waals surface area contributed by atoms with Gasteiger partial charge in [0.1, 0.15) is 5.75 Å². The fourth-order valence-corrected chi connectivity index (χ4v) is 2.84. The summed E-state index contributed by atoms with van der Waals surface area (Å²) in [5, 5.41) is 5.40. The molecule has 0 aliphatic rings. The standard InChI is InChI=1S/C19H21F2N3O3S/c1-24(11-17(25)22-13-3-7-15(27-2)8-4-13)12-18(26)23-14-5-9-16(10-6-14)28-19(20)21/h3-10,19H,11-12H2,1-2H3,(H,22,25)(H,23,26). The summed E-state index contributed by atoms with van der Waals surface area (Å²) in [6, 6.07) is 13.0. The molecule has 0 spiro atoms. The lowest BCUT2D eigenvalue weighted by Gasteiger charge is -2.16. The molecule has 150 valence electrons. The number of anilines is 2. The minimum Gasteiger partial charge on any atom is -0.497 e. The molecule has 2 amide bonds. The average molecular weight is 409 g/mol. The van der Waals surface area contributed by atoms with Gasteiger partial charge in [-0.25, -0.2) is 0 Å². The lowest BCUT2D eigenvalue weighted by Crippen LogP contribution is -2.36. The number of likely N-dealkylation sites (N-methyl/N-ethyl adjacent to an activating group) is 1. The number of alkyl halides is 2. The zero-order chi connectivity index (χ0) is 20.5. The van der Waals surface area contributed by atoms with E-state index < -0.39 is 5.76 Å². The molecule has 2 aromatic rings. The molecule has 0 aliphatic heterocycles. The molecule has 0 unspecified atom stereocenters. The molecule has 0 saturated heterocycles. The number of hydrogen-bond acceptors (Lipinski definition) is 5. The second kappa shape index (κ2) is 10.6. The minimum atomic E-state index is -2.49. The van der Waals surface area contributed by atoms with Crippen molar-refractivity contribution >= 4 is 35.0 Å². The molecule has 6 nitrogen and oxygen atoms in total. The first-order valence-corrected chi connectivity index (χ1v) is 9.21. The maximum Gasteiger partial charge on any atom is 0.288 e. The van der Waals surface area contributed by atoms with Gasteiger partial charge in [-0.3, -0.25) is 14.5 Å². The predicted molar refractivity (Wildman–Crippen MR) is 106 cm³/mol. The second-order valence-electron chi connectivity index (χ2n) is 5.90. The number of carbonyl (C=O) groups is 2. The van der Waals surface area contributed by atoms with Gasteiger partial charge >= 0.3 is 0 Å². The summed E-state index contributed by atoms with van der Waals surface area (Å²) >= 11 is 0.440. The van der Waals surface area contributed by atoms with Gasteiger partial charge in [-0.05, 0) is 55.6 Å². The summed E-state index contributed by atoms with van der Waals surface area (Å²) in [6.45, 7) is 0.0347. The Bertz CT molecular complexity index is 786. The Balaban J connectivity index is 1.77. The third-order valence-electron chi connectivity index (χ3n) is 3.56. The van der Waals surface area contributed by atoms with Crippen LogP contribution in [-0.4, -0.2) is 49.7 Å². The molecule has 28 heavy (non-hydrogen) atoms. The maximum absolute atomic E-state index is 12.3. The van der Waals surface area contributed by atoms with E-state index in [1.807, 2.05) is 0 Å². The molecule has 0 fully saturated rings. The molecule has 2 rings (SSSR count). The third kappa shape index (κ3) is 7.53. The number of hydrogen-bond donors (Lipinski definition) is 2. The van der Waals surface area contributed by atoms with Crippen LogP contribution in [0.2, 0.25) is 0 Å². The molecule has 0 heterocycles. The Morgan fingerprint density at radius 1 is 0.964 bits per heavy atom. The van der Waals surface area contributed by atoms with Crippen LogP contribution < -0.4 is 15.4 Å². The van der Waals surface area contributed by atoms with Crippen molar-refractivity contribution in [1.29, 1.82) is 0 Å². The molecule has 0 bridgehead atoms. The van der Waals surface area contributed by atoms with E-state index in [-0.39, 0.29) is 24.9 Å². The predicted octanol–water partition coefficient (Wildman–Crippen LogP) is 3.52. The average Bonchev–Trinajstić information content (AvgIpc) is 2.63. The number of benzene rings is 2. The van der Waals surface area contributed by atoms with Crippen molar-refractivity contribution in [1.82, 2.24) is 4.90 Å². The summed E-state index contributed by atoms with van der Waals surface area (Å²) in [7, 11) is 3.21. The van der Waals surface area contributed by atoms with Crippen LogP contribution in [0.4, 0.5) is 20.2 Å². The van der Waals surface area contributed by atoms with Crippen molar-refractivity contribution in [2.24, 2.45) is 0 Å². The molecule has 9 heteroatoms. The fourth-order valence-electron chi connectivity index (χ4n) is 2.34. The molecule has 0 radical (unpaired) electrons. The summed E-state index contributed by atoms with van der Waals surface area (Å²) in [5.74, 6) is -2.37. The lowest BCUT2D eigenvalue weighted by atomic mass is 10.3. The molecule has 0 atom stereocenters. The molecule has 0 aliphatic carbocycles. The Labute approximate surface area is 166 Å². The number of carbonyl (C=O) groups excluding carboxylic acids is 2. The van der Waals surface area contributed by atoms with E-state index in [2.05, 4.69) is 10.6 Å². The van der Waals surface area contributed by atoms with Gasteiger partial charge in [0, 0.05) is 16.3 Å². The van der Waals surface area contributed by atoms with Crippen LogP contribution in [0.5, 0.6) is 5.75 Å². The van der Waals surface area contributed by atoms with Crippen LogP contribution in [0, 0.1) is 0 Å². The number of nitrogens with one attached hydrogen (secondary N) is 2. The number of amides is 2. The lowest BCUT2D eigenvalue weighted by molar-refractivity contribution is -0.119. The highest BCUT2D eigenvalue weighted by Gasteiger charge is 2.12. The van der Waals surface area contributed by atoms with Crippen molar-refractivity contribution in [3.8, 4) is 5.75 Å². The van der Waals surface area contributed by atoms with E-state index in [9.17, 15) is 18.4 Å². The molecule has 2 aromatic carbocycles. The Hall–Kier alpha value is -2.65. The van der Waals surface area contributed by atoms with Crippen LogP contribution in [0.1, 0.15) is 0 Å². The number of ether oxygens (including phenoxy) is 1. The van der Waals surface area contributed by atoms with Gasteiger partial charge in [0.2, 0.25) is 11.8 Å². The van der Waals surface area contributed by atoms with E-state index in [1.54, 1.807) is 55.5 Å². The highest BCUT2D eigenvalue weighted by atomic mass is 32.2. The van der Waals surface area contributed by atoms with E-state index in [0.29, 0.717) is 33.8 Å². The zero-order valence-electron chi connectivity index (χ0n) is 15.4. The zero-order valence-corrected chi connectivity index (χ0v) is 16.3. The first-order valence-electron chi connectivity index (χ1n) is 8.33. The maximum atomic E-state index is 12.3. The normalized spacial score (nSPS) is 10.8. The van der Waals surface area contributed by atoms with Crippen LogP contribution in [0.15, 0.2) is 53.4 Å². The largest absolute Gasteiger partial charge is 0.497 e. The molecular formula is C19H21F2N3O3S. The van der Waals surface area contributed by atoms with E-state index >= 15 is 0 Å². The number of thioether (sulfide) groups is 1. The molecule has 0 saturated carbocycles. The van der Waals surface area contributed by atoms with Crippen LogP contribution in [-0.2, 0) is 9.59 Å². The summed E-state index contributed by atoms with van der Waals surface area (Å²) < 4.78 is 29.7. The molecule has 2 N–H and O–H groups in total. The summed E-state index contributed by atoms with van der Waals surface area (Å²) in [5.41, 5.74) is 1.13. The van der Waals surface area contributed by atoms with Crippen LogP contribution in [0.3, 0.4) is 0 Å². The number of halogens is 2. The van der Waals surface area contributed by atoms with Crippen molar-refractivity contribution in [3.05, 3.63) is 48.5 Å². The Morgan fingerprint density at radius 2 is 1.43 bits per heavy atom. The van der Waals surface area contributed by atoms with Crippen molar-refractivity contribution in [2.45, 2.75) is 10.7 Å². The van der Waals surface area contributed by atoms with Gasteiger partial charge in [-0.1, -0.05) is 11.8 Å². The Morgan fingerprint density at radius 3 is 1.86 bits per heavy atom. The first-order chi connectivity index (χ1) is 13.4. The quantitative estimate of drug-likeness (QED) is 0.620. The number of rotatable bonds is 9. The van der Waals surface area contributed by atoms with Gasteiger partial charge in [-0.2, -0.15) is 8.78 Å². The van der Waals surface area contributed by atoms with Gasteiger partial charge in [0.15, 0.2) is 0 Å². The van der Waals surface area contributed by atoms with E-state index in [0.717, 1.165) is 0 Å².